The SMILES string of the molecule is CN(C)S(=O)(=O)N1CCN(c2nnnn2CCC(C)(C)C)CC1. The number of rotatable bonds is 5. The van der Waals surface area contributed by atoms with E-state index in [2.05, 4.69) is 36.3 Å². The highest BCUT2D eigenvalue weighted by Crippen LogP contribution is 2.21. The van der Waals surface area contributed by atoms with Crippen molar-refractivity contribution in [3.05, 3.63) is 0 Å². The predicted molar refractivity (Wildman–Crippen MR) is 88.3 cm³/mol. The number of hydrogen-bond donors (Lipinski definition) is 0. The topological polar surface area (TPSA) is 87.5 Å². The number of nitrogens with zero attached hydrogens (tertiary/aromatic N) is 7. The average molecular weight is 345 g/mol. The summed E-state index contributed by atoms with van der Waals surface area (Å²) in [7, 11) is -0.250. The van der Waals surface area contributed by atoms with Gasteiger partial charge < -0.3 is 4.90 Å². The minimum absolute atomic E-state index is 0.210. The zero-order valence-corrected chi connectivity index (χ0v) is 15.4. The summed E-state index contributed by atoms with van der Waals surface area (Å²) >= 11 is 0. The maximum atomic E-state index is 12.1. The van der Waals surface area contributed by atoms with E-state index in [1.807, 2.05) is 4.90 Å². The van der Waals surface area contributed by atoms with Gasteiger partial charge in [0, 0.05) is 46.8 Å². The van der Waals surface area contributed by atoms with Gasteiger partial charge in [-0.2, -0.15) is 17.0 Å². The number of anilines is 1. The zero-order chi connectivity index (χ0) is 17.3. The van der Waals surface area contributed by atoms with Crippen molar-refractivity contribution in [2.45, 2.75) is 33.7 Å². The fourth-order valence-electron chi connectivity index (χ4n) is 2.36. The lowest BCUT2D eigenvalue weighted by Gasteiger charge is -2.35. The van der Waals surface area contributed by atoms with E-state index < -0.39 is 10.2 Å². The Kier molecular flexibility index (Phi) is 5.27. The standard InChI is InChI=1S/C13H27N7O2S/c1-13(2,3)6-7-20-12(14-15-16-20)18-8-10-19(11-9-18)23(21,22)17(4)5/h6-11H2,1-5H3. The predicted octanol–water partition coefficient (Wildman–Crippen LogP) is 0.0377. The second-order valence-corrected chi connectivity index (χ2v) is 9.33. The molecule has 2 rings (SSSR count). The quantitative estimate of drug-likeness (QED) is 0.749. The van der Waals surface area contributed by atoms with Gasteiger partial charge >= 0.3 is 0 Å². The van der Waals surface area contributed by atoms with E-state index in [-0.39, 0.29) is 5.41 Å². The van der Waals surface area contributed by atoms with Gasteiger partial charge in [0.1, 0.15) is 0 Å². The van der Waals surface area contributed by atoms with E-state index in [9.17, 15) is 8.42 Å². The number of aromatic nitrogens is 4. The molecule has 1 aliphatic rings. The molecule has 2 heterocycles. The molecule has 0 aromatic carbocycles. The Bertz CT molecular complexity index is 613. The molecule has 0 amide bonds. The van der Waals surface area contributed by atoms with Crippen LogP contribution in [0.5, 0.6) is 0 Å². The van der Waals surface area contributed by atoms with Gasteiger partial charge in [0.05, 0.1) is 0 Å². The van der Waals surface area contributed by atoms with Crippen LogP contribution in [0.2, 0.25) is 0 Å². The molecule has 0 bridgehead atoms. The molecular weight excluding hydrogens is 318 g/mol. The summed E-state index contributed by atoms with van der Waals surface area (Å²) in [5.74, 6) is 0.719. The van der Waals surface area contributed by atoms with E-state index in [1.165, 1.54) is 8.61 Å². The second-order valence-electron chi connectivity index (χ2n) is 7.19. The fraction of sp³-hybridized carbons (Fsp3) is 0.923. The molecule has 1 fully saturated rings. The number of piperazine rings is 1. The lowest BCUT2D eigenvalue weighted by Crippen LogP contribution is -2.52. The Morgan fingerprint density at radius 2 is 1.74 bits per heavy atom. The van der Waals surface area contributed by atoms with Crippen molar-refractivity contribution < 1.29 is 8.42 Å². The minimum Gasteiger partial charge on any atom is -0.337 e. The van der Waals surface area contributed by atoms with Crippen LogP contribution in [0, 0.1) is 5.41 Å². The number of hydrogen-bond acceptors (Lipinski definition) is 6. The third-order valence-electron chi connectivity index (χ3n) is 3.90. The van der Waals surface area contributed by atoms with Crippen molar-refractivity contribution in [2.24, 2.45) is 5.41 Å². The molecule has 0 saturated carbocycles. The molecule has 10 heteroatoms. The van der Waals surface area contributed by atoms with Crippen LogP contribution < -0.4 is 4.90 Å². The number of aryl methyl sites for hydroxylation is 1. The first-order valence-electron chi connectivity index (χ1n) is 7.80. The smallest absolute Gasteiger partial charge is 0.281 e. The first-order chi connectivity index (χ1) is 10.6. The van der Waals surface area contributed by atoms with Crippen LogP contribution >= 0.6 is 0 Å². The molecule has 0 unspecified atom stereocenters. The summed E-state index contributed by atoms with van der Waals surface area (Å²) in [6.45, 7) is 9.35. The molecular formula is C13H27N7O2S. The largest absolute Gasteiger partial charge is 0.337 e. The zero-order valence-electron chi connectivity index (χ0n) is 14.6. The molecule has 23 heavy (non-hydrogen) atoms. The van der Waals surface area contributed by atoms with Crippen LogP contribution in [0.3, 0.4) is 0 Å². The fourth-order valence-corrected chi connectivity index (χ4v) is 3.45. The van der Waals surface area contributed by atoms with Crippen LogP contribution in [-0.2, 0) is 16.8 Å². The van der Waals surface area contributed by atoms with E-state index in [1.54, 1.807) is 18.8 Å². The normalized spacial score (nSPS) is 17.9. The van der Waals surface area contributed by atoms with Crippen LogP contribution in [0.25, 0.3) is 0 Å². The number of tetrazole rings is 1. The minimum atomic E-state index is -3.35. The summed E-state index contributed by atoms with van der Waals surface area (Å²) in [5.41, 5.74) is 0.210. The van der Waals surface area contributed by atoms with Crippen molar-refractivity contribution in [3.63, 3.8) is 0 Å². The Balaban J connectivity index is 2.00. The lowest BCUT2D eigenvalue weighted by molar-refractivity contribution is 0.332. The van der Waals surface area contributed by atoms with E-state index in [4.69, 9.17) is 0 Å². The Morgan fingerprint density at radius 3 is 2.26 bits per heavy atom. The molecule has 1 aromatic rings. The summed E-state index contributed by atoms with van der Waals surface area (Å²) < 4.78 is 28.8. The van der Waals surface area contributed by atoms with E-state index in [0.717, 1.165) is 18.9 Å². The highest BCUT2D eigenvalue weighted by atomic mass is 32.2. The summed E-state index contributed by atoms with van der Waals surface area (Å²) in [5, 5.41) is 12.0. The van der Waals surface area contributed by atoms with Gasteiger partial charge in [-0.1, -0.05) is 25.9 Å². The van der Waals surface area contributed by atoms with Crippen molar-refractivity contribution >= 4 is 16.2 Å². The monoisotopic (exact) mass is 345 g/mol. The van der Waals surface area contributed by atoms with E-state index in [0.29, 0.717) is 26.2 Å². The maximum Gasteiger partial charge on any atom is 0.281 e. The molecule has 0 N–H and O–H groups in total. The molecule has 0 aliphatic carbocycles. The van der Waals surface area contributed by atoms with Gasteiger partial charge in [0.25, 0.3) is 10.2 Å². The third-order valence-corrected chi connectivity index (χ3v) is 5.84. The van der Waals surface area contributed by atoms with Crippen LogP contribution in [0.15, 0.2) is 0 Å². The van der Waals surface area contributed by atoms with Gasteiger partial charge in [-0.15, -0.1) is 0 Å². The van der Waals surface area contributed by atoms with Crippen molar-refractivity contribution in [1.29, 1.82) is 0 Å². The third kappa shape index (κ3) is 4.39. The Labute approximate surface area is 138 Å². The maximum absolute atomic E-state index is 12.1. The molecule has 132 valence electrons. The highest BCUT2D eigenvalue weighted by molar-refractivity contribution is 7.86. The van der Waals surface area contributed by atoms with Crippen molar-refractivity contribution in [1.82, 2.24) is 28.8 Å². The van der Waals surface area contributed by atoms with Crippen LogP contribution in [-0.4, -0.2) is 77.5 Å². The van der Waals surface area contributed by atoms with Gasteiger partial charge in [-0.3, -0.25) is 0 Å². The van der Waals surface area contributed by atoms with Gasteiger partial charge in [-0.25, -0.2) is 4.68 Å². The van der Waals surface area contributed by atoms with Crippen molar-refractivity contribution in [2.75, 3.05) is 45.2 Å². The van der Waals surface area contributed by atoms with Gasteiger partial charge in [0.15, 0.2) is 0 Å². The molecule has 0 atom stereocenters. The molecule has 1 saturated heterocycles. The van der Waals surface area contributed by atoms with Crippen LogP contribution in [0.1, 0.15) is 27.2 Å². The Hall–Kier alpha value is -1.26. The van der Waals surface area contributed by atoms with Gasteiger partial charge in [0.2, 0.25) is 5.95 Å². The molecule has 1 aromatic heterocycles. The molecule has 0 radical (unpaired) electrons. The van der Waals surface area contributed by atoms with Crippen LogP contribution in [0.4, 0.5) is 5.95 Å². The first kappa shape index (κ1) is 18.1. The summed E-state index contributed by atoms with van der Waals surface area (Å²) in [6.07, 6.45) is 0.972. The summed E-state index contributed by atoms with van der Waals surface area (Å²) in [4.78, 5) is 2.05. The van der Waals surface area contributed by atoms with E-state index >= 15 is 0 Å². The lowest BCUT2D eigenvalue weighted by atomic mass is 9.92. The first-order valence-corrected chi connectivity index (χ1v) is 9.20. The van der Waals surface area contributed by atoms with Gasteiger partial charge in [-0.05, 0) is 22.3 Å². The average Bonchev–Trinajstić information content (AvgIpc) is 2.93. The summed E-state index contributed by atoms with van der Waals surface area (Å²) in [6, 6.07) is 0. The molecule has 0 spiro atoms. The molecule has 9 nitrogen and oxygen atoms in total. The van der Waals surface area contributed by atoms with Crippen molar-refractivity contribution in [3.8, 4) is 0 Å². The molecule has 1 aliphatic heterocycles. The Morgan fingerprint density at radius 1 is 1.13 bits per heavy atom. The second kappa shape index (κ2) is 6.70. The highest BCUT2D eigenvalue weighted by Gasteiger charge is 2.30.